The summed E-state index contributed by atoms with van der Waals surface area (Å²) in [5.74, 6) is -0.165. The fourth-order valence-electron chi connectivity index (χ4n) is 4.41. The number of allylic oxidation sites excluding steroid dienone is 2. The minimum Gasteiger partial charge on any atom is -0.299 e. The zero-order valence-corrected chi connectivity index (χ0v) is 15.6. The number of hydrogen-bond acceptors (Lipinski definition) is 3. The van der Waals surface area contributed by atoms with E-state index in [2.05, 4.69) is 18.2 Å². The van der Waals surface area contributed by atoms with Crippen molar-refractivity contribution in [3.05, 3.63) is 82.6 Å². The van der Waals surface area contributed by atoms with Crippen LogP contribution in [0.4, 0.5) is 0 Å². The number of rotatable bonds is 2. The molecule has 1 aliphatic heterocycles. The number of Topliss-reactive ketones (excluding diaryl/α,β-unsaturated/α-hetero) is 1. The molecule has 0 N–H and O–H groups in total. The van der Waals surface area contributed by atoms with Crippen molar-refractivity contribution in [3.8, 4) is 6.07 Å². The minimum absolute atomic E-state index is 0.170. The van der Waals surface area contributed by atoms with E-state index in [1.165, 1.54) is 11.1 Å². The molecule has 3 nitrogen and oxygen atoms in total. The Balaban J connectivity index is 1.76. The van der Waals surface area contributed by atoms with E-state index in [0.29, 0.717) is 12.0 Å². The molecule has 1 fully saturated rings. The van der Waals surface area contributed by atoms with Gasteiger partial charge in [0.1, 0.15) is 5.78 Å². The van der Waals surface area contributed by atoms with E-state index in [9.17, 15) is 10.1 Å². The highest BCUT2D eigenvalue weighted by molar-refractivity contribution is 6.10. The Morgan fingerprint density at radius 3 is 2.30 bits per heavy atom. The molecule has 0 amide bonds. The number of benzene rings is 2. The number of fused-ring (bicyclic) bond motifs is 1. The summed E-state index contributed by atoms with van der Waals surface area (Å²) in [4.78, 5) is 17.9. The summed E-state index contributed by atoms with van der Waals surface area (Å²) in [5.41, 5.74) is 5.69. The zero-order chi connectivity index (χ0) is 19.0. The lowest BCUT2D eigenvalue weighted by atomic mass is 9.66. The fourth-order valence-corrected chi connectivity index (χ4v) is 4.41. The molecular formula is C24H22N2O. The van der Waals surface area contributed by atoms with Crippen LogP contribution in [0.15, 0.2) is 70.9 Å². The van der Waals surface area contributed by atoms with Gasteiger partial charge in [0.2, 0.25) is 0 Å². The molecule has 3 heteroatoms. The third-order valence-electron chi connectivity index (χ3n) is 5.78. The molecule has 2 aromatic carbocycles. The number of nitriles is 1. The molecule has 3 atom stereocenters. The first-order valence-electron chi connectivity index (χ1n) is 9.41. The molecule has 1 heterocycles. The first-order chi connectivity index (χ1) is 13.1. The van der Waals surface area contributed by atoms with Gasteiger partial charge < -0.3 is 0 Å². The molecule has 2 aliphatic rings. The van der Waals surface area contributed by atoms with E-state index < -0.39 is 0 Å². The first-order valence-corrected chi connectivity index (χ1v) is 9.41. The van der Waals surface area contributed by atoms with Gasteiger partial charge in [-0.25, -0.2) is 0 Å². The number of carbonyl (C=O) groups is 1. The Morgan fingerprint density at radius 1 is 0.926 bits per heavy atom. The Morgan fingerprint density at radius 2 is 1.63 bits per heavy atom. The highest BCUT2D eigenvalue weighted by Crippen LogP contribution is 2.45. The minimum atomic E-state index is -0.314. The summed E-state index contributed by atoms with van der Waals surface area (Å²) >= 11 is 0. The molecule has 0 aromatic heterocycles. The SMILES string of the molecule is CC1=C(C#N)[C@H](c2ccc(C)cc2)[C@H]2C(=O)C[C@H](c3ccccc3)CC2=N1. The lowest BCUT2D eigenvalue weighted by Gasteiger charge is -2.37. The van der Waals surface area contributed by atoms with Gasteiger partial charge in [-0.3, -0.25) is 9.79 Å². The third-order valence-corrected chi connectivity index (χ3v) is 5.78. The number of aryl methyl sites for hydroxylation is 1. The van der Waals surface area contributed by atoms with Crippen LogP contribution < -0.4 is 0 Å². The average molecular weight is 354 g/mol. The first kappa shape index (κ1) is 17.4. The van der Waals surface area contributed by atoms with Crippen LogP contribution in [0, 0.1) is 24.2 Å². The largest absolute Gasteiger partial charge is 0.299 e. The van der Waals surface area contributed by atoms with Crippen molar-refractivity contribution in [2.24, 2.45) is 10.9 Å². The quantitative estimate of drug-likeness (QED) is 0.754. The normalized spacial score (nSPS) is 24.9. The molecular weight excluding hydrogens is 332 g/mol. The number of nitrogens with zero attached hydrogens (tertiary/aromatic N) is 2. The molecule has 27 heavy (non-hydrogen) atoms. The van der Waals surface area contributed by atoms with Crippen molar-refractivity contribution < 1.29 is 4.79 Å². The van der Waals surface area contributed by atoms with Gasteiger partial charge in [-0.15, -0.1) is 0 Å². The van der Waals surface area contributed by atoms with E-state index in [1.54, 1.807) is 0 Å². The van der Waals surface area contributed by atoms with Crippen molar-refractivity contribution in [2.45, 2.75) is 38.5 Å². The van der Waals surface area contributed by atoms with Crippen molar-refractivity contribution >= 4 is 11.5 Å². The Bertz CT molecular complexity index is 977. The molecule has 0 saturated heterocycles. The monoisotopic (exact) mass is 354 g/mol. The second-order valence-electron chi connectivity index (χ2n) is 7.56. The maximum absolute atomic E-state index is 13.2. The average Bonchev–Trinajstić information content (AvgIpc) is 2.68. The zero-order valence-electron chi connectivity index (χ0n) is 15.6. The van der Waals surface area contributed by atoms with Gasteiger partial charge in [-0.1, -0.05) is 60.2 Å². The van der Waals surface area contributed by atoms with Crippen LogP contribution in [-0.4, -0.2) is 11.5 Å². The second kappa shape index (κ2) is 6.96. The summed E-state index contributed by atoms with van der Waals surface area (Å²) in [5, 5.41) is 9.77. The molecule has 4 rings (SSSR count). The third kappa shape index (κ3) is 3.13. The van der Waals surface area contributed by atoms with Gasteiger partial charge in [0, 0.05) is 18.1 Å². The molecule has 1 saturated carbocycles. The highest BCUT2D eigenvalue weighted by Gasteiger charge is 2.44. The molecule has 0 bridgehead atoms. The van der Waals surface area contributed by atoms with Crippen LogP contribution in [0.3, 0.4) is 0 Å². The van der Waals surface area contributed by atoms with Crippen molar-refractivity contribution in [1.29, 1.82) is 5.26 Å². The molecule has 2 aromatic rings. The van der Waals surface area contributed by atoms with Crippen LogP contribution in [0.25, 0.3) is 0 Å². The van der Waals surface area contributed by atoms with Crippen LogP contribution >= 0.6 is 0 Å². The maximum atomic E-state index is 13.2. The van der Waals surface area contributed by atoms with E-state index >= 15 is 0 Å². The summed E-state index contributed by atoms with van der Waals surface area (Å²) in [6.07, 6.45) is 1.28. The number of hydrogen-bond donors (Lipinski definition) is 0. The van der Waals surface area contributed by atoms with Crippen LogP contribution in [0.5, 0.6) is 0 Å². The topological polar surface area (TPSA) is 53.2 Å². The number of carbonyl (C=O) groups excluding carboxylic acids is 1. The molecule has 0 radical (unpaired) electrons. The highest BCUT2D eigenvalue weighted by atomic mass is 16.1. The van der Waals surface area contributed by atoms with E-state index in [1.807, 2.05) is 56.3 Å². The van der Waals surface area contributed by atoms with Gasteiger partial charge in [-0.05, 0) is 37.3 Å². The van der Waals surface area contributed by atoms with Crippen molar-refractivity contribution in [3.63, 3.8) is 0 Å². The summed E-state index contributed by atoms with van der Waals surface area (Å²) in [7, 11) is 0. The van der Waals surface area contributed by atoms with E-state index in [4.69, 9.17) is 4.99 Å². The Labute approximate surface area is 160 Å². The standard InChI is InChI=1S/C24H22N2O/c1-15-8-10-18(11-9-15)23-20(14-25)16(2)26-21-12-19(13-22(27)24(21)23)17-6-4-3-5-7-17/h3-11,19,23-24H,12-13H2,1-2H3/t19-,23+,24-/m1/s1. The van der Waals surface area contributed by atoms with Crippen LogP contribution in [0.1, 0.15) is 48.3 Å². The van der Waals surface area contributed by atoms with Gasteiger partial charge >= 0.3 is 0 Å². The van der Waals surface area contributed by atoms with Gasteiger partial charge in [0.05, 0.1) is 23.3 Å². The predicted octanol–water partition coefficient (Wildman–Crippen LogP) is 5.09. The predicted molar refractivity (Wildman–Crippen MR) is 107 cm³/mol. The Kier molecular flexibility index (Phi) is 4.49. The van der Waals surface area contributed by atoms with Gasteiger partial charge in [0.15, 0.2) is 0 Å². The van der Waals surface area contributed by atoms with E-state index in [0.717, 1.165) is 23.4 Å². The summed E-state index contributed by atoms with van der Waals surface area (Å²) < 4.78 is 0. The second-order valence-corrected chi connectivity index (χ2v) is 7.56. The molecule has 134 valence electrons. The summed E-state index contributed by atoms with van der Waals surface area (Å²) in [6, 6.07) is 20.7. The molecule has 0 spiro atoms. The summed E-state index contributed by atoms with van der Waals surface area (Å²) in [6.45, 7) is 3.93. The maximum Gasteiger partial charge on any atom is 0.143 e. The number of ketones is 1. The van der Waals surface area contributed by atoms with Crippen LogP contribution in [-0.2, 0) is 4.79 Å². The van der Waals surface area contributed by atoms with Crippen molar-refractivity contribution in [2.75, 3.05) is 0 Å². The smallest absolute Gasteiger partial charge is 0.143 e. The van der Waals surface area contributed by atoms with Gasteiger partial charge in [0.25, 0.3) is 0 Å². The molecule has 0 unspecified atom stereocenters. The number of aliphatic imine (C=N–C) groups is 1. The lowest BCUT2D eigenvalue weighted by molar-refractivity contribution is -0.122. The lowest BCUT2D eigenvalue weighted by Crippen LogP contribution is -2.39. The van der Waals surface area contributed by atoms with E-state index in [-0.39, 0.29) is 23.5 Å². The van der Waals surface area contributed by atoms with Crippen molar-refractivity contribution in [1.82, 2.24) is 0 Å². The Hall–Kier alpha value is -2.99. The van der Waals surface area contributed by atoms with Crippen LogP contribution in [0.2, 0.25) is 0 Å². The van der Waals surface area contributed by atoms with Gasteiger partial charge in [-0.2, -0.15) is 5.26 Å². The fraction of sp³-hybridized carbons (Fsp3) is 0.292. The molecule has 1 aliphatic carbocycles.